The Labute approximate surface area is 192 Å². The monoisotopic (exact) mass is 566 g/mol. The van der Waals surface area contributed by atoms with Gasteiger partial charge in [0, 0.05) is 43.8 Å². The summed E-state index contributed by atoms with van der Waals surface area (Å²) in [6.07, 6.45) is 2.74. The highest BCUT2D eigenvalue weighted by Crippen LogP contribution is 2.24. The van der Waals surface area contributed by atoms with E-state index in [0.29, 0.717) is 42.1 Å². The van der Waals surface area contributed by atoms with Gasteiger partial charge in [-0.05, 0) is 37.0 Å². The van der Waals surface area contributed by atoms with Crippen LogP contribution in [0, 0.1) is 5.92 Å². The highest BCUT2D eigenvalue weighted by atomic mass is 127. The second-order valence-electron chi connectivity index (χ2n) is 6.54. The lowest BCUT2D eigenvalue weighted by molar-refractivity contribution is -0.0504. The molecule has 7 nitrogen and oxygen atoms in total. The summed E-state index contributed by atoms with van der Waals surface area (Å²) in [7, 11) is -1.53. The molecule has 1 fully saturated rings. The summed E-state index contributed by atoms with van der Waals surface area (Å²) in [5.74, 6) is 0.879. The van der Waals surface area contributed by atoms with Gasteiger partial charge in [-0.1, -0.05) is 11.6 Å². The largest absolute Gasteiger partial charge is 0.434 e. The van der Waals surface area contributed by atoms with E-state index < -0.39 is 16.6 Å². The van der Waals surface area contributed by atoms with Crippen LogP contribution in [0.15, 0.2) is 23.2 Å². The molecule has 0 aliphatic carbocycles. The fourth-order valence-electron chi connectivity index (χ4n) is 2.98. The summed E-state index contributed by atoms with van der Waals surface area (Å²) in [6.45, 7) is -1.07. The molecule has 0 unspecified atom stereocenters. The predicted octanol–water partition coefficient (Wildman–Crippen LogP) is 2.90. The zero-order chi connectivity index (χ0) is 20.7. The number of halogens is 4. The lowest BCUT2D eigenvalue weighted by Gasteiger charge is -2.30. The maximum absolute atomic E-state index is 12.5. The third-order valence-corrected chi connectivity index (χ3v) is 6.05. The van der Waals surface area contributed by atoms with Gasteiger partial charge in [0.05, 0.1) is 6.26 Å². The Hall–Kier alpha value is -0.920. The van der Waals surface area contributed by atoms with E-state index in [2.05, 4.69) is 20.4 Å². The number of piperidine rings is 1. The van der Waals surface area contributed by atoms with Crippen molar-refractivity contribution in [2.45, 2.75) is 26.0 Å². The molecule has 0 saturated carbocycles. The molecule has 1 aromatic rings. The first-order chi connectivity index (χ1) is 13.2. The third-order valence-electron chi connectivity index (χ3n) is 4.51. The molecule has 1 saturated heterocycles. The molecular weight excluding hydrogens is 541 g/mol. The molecule has 1 aliphatic rings. The first-order valence-corrected chi connectivity index (χ1v) is 11.0. The fraction of sp³-hybridized carbons (Fsp3) is 0.588. The van der Waals surface area contributed by atoms with Crippen molar-refractivity contribution in [3.8, 4) is 5.75 Å². The van der Waals surface area contributed by atoms with Crippen LogP contribution < -0.4 is 15.4 Å². The topological polar surface area (TPSA) is 83.0 Å². The summed E-state index contributed by atoms with van der Waals surface area (Å²) in [6, 6.07) is 4.44. The number of rotatable bonds is 7. The van der Waals surface area contributed by atoms with Crippen molar-refractivity contribution in [1.82, 2.24) is 14.9 Å². The number of ether oxygens (including phenoxy) is 1. The maximum atomic E-state index is 12.5. The summed E-state index contributed by atoms with van der Waals surface area (Å²) in [5, 5.41) is 6.65. The standard InChI is InChI=1S/C17H25ClF2N4O3S.HI/c1-21-17(22-10-12-5-7-24(8-6-12)28(2,25)26)23-11-13-9-14(18)3-4-15(13)27-16(19)20;/h3-4,9,12,16H,5-8,10-11H2,1-2H3,(H2,21,22,23);1H. The van der Waals surface area contributed by atoms with E-state index in [1.807, 2.05) is 0 Å². The molecule has 2 N–H and O–H groups in total. The minimum atomic E-state index is -3.14. The van der Waals surface area contributed by atoms with Gasteiger partial charge in [0.1, 0.15) is 5.75 Å². The number of guanidine groups is 1. The molecule has 0 amide bonds. The number of sulfonamides is 1. The smallest absolute Gasteiger partial charge is 0.387 e. The van der Waals surface area contributed by atoms with Crippen LogP contribution in [0.2, 0.25) is 5.02 Å². The van der Waals surface area contributed by atoms with Gasteiger partial charge in [-0.3, -0.25) is 4.99 Å². The summed E-state index contributed by atoms with van der Waals surface area (Å²) in [5.41, 5.74) is 0.484. The van der Waals surface area contributed by atoms with Gasteiger partial charge in [-0.25, -0.2) is 12.7 Å². The van der Waals surface area contributed by atoms with Gasteiger partial charge < -0.3 is 15.4 Å². The van der Waals surface area contributed by atoms with Crippen LogP contribution in [0.4, 0.5) is 8.78 Å². The lowest BCUT2D eigenvalue weighted by Crippen LogP contribution is -2.43. The van der Waals surface area contributed by atoms with E-state index in [1.165, 1.54) is 22.7 Å². The number of aliphatic imine (C=N–C) groups is 1. The zero-order valence-electron chi connectivity index (χ0n) is 16.2. The van der Waals surface area contributed by atoms with Gasteiger partial charge in [0.25, 0.3) is 0 Å². The van der Waals surface area contributed by atoms with Gasteiger partial charge in [-0.15, -0.1) is 24.0 Å². The van der Waals surface area contributed by atoms with Crippen molar-refractivity contribution < 1.29 is 21.9 Å². The Kier molecular flexibility index (Phi) is 10.9. The average Bonchev–Trinajstić information content (AvgIpc) is 2.63. The van der Waals surface area contributed by atoms with Crippen molar-refractivity contribution >= 4 is 51.6 Å². The SMILES string of the molecule is CN=C(NCc1cc(Cl)ccc1OC(F)F)NCC1CCN(S(C)(=O)=O)CC1.I. The molecule has 0 atom stereocenters. The highest BCUT2D eigenvalue weighted by molar-refractivity contribution is 14.0. The normalized spacial score (nSPS) is 16.4. The van der Waals surface area contributed by atoms with E-state index >= 15 is 0 Å². The van der Waals surface area contributed by atoms with Crippen LogP contribution in [-0.2, 0) is 16.6 Å². The molecule has 1 aromatic carbocycles. The molecule has 0 spiro atoms. The molecule has 0 radical (unpaired) electrons. The van der Waals surface area contributed by atoms with E-state index in [0.717, 1.165) is 12.8 Å². The van der Waals surface area contributed by atoms with Crippen LogP contribution in [0.1, 0.15) is 18.4 Å². The van der Waals surface area contributed by atoms with Crippen molar-refractivity contribution in [3.05, 3.63) is 28.8 Å². The number of hydrogen-bond acceptors (Lipinski definition) is 4. The summed E-state index contributed by atoms with van der Waals surface area (Å²) < 4.78 is 54.2. The number of alkyl halides is 2. The minimum Gasteiger partial charge on any atom is -0.434 e. The molecule has 12 heteroatoms. The Morgan fingerprint density at radius 2 is 2.00 bits per heavy atom. The van der Waals surface area contributed by atoms with Gasteiger partial charge in [-0.2, -0.15) is 8.78 Å². The van der Waals surface area contributed by atoms with Crippen LogP contribution in [-0.4, -0.2) is 58.2 Å². The number of nitrogens with zero attached hydrogens (tertiary/aromatic N) is 2. The summed E-state index contributed by atoms with van der Waals surface area (Å²) in [4.78, 5) is 4.12. The van der Waals surface area contributed by atoms with Crippen LogP contribution in [0.25, 0.3) is 0 Å². The Morgan fingerprint density at radius 3 is 2.55 bits per heavy atom. The lowest BCUT2D eigenvalue weighted by atomic mass is 9.98. The van der Waals surface area contributed by atoms with Crippen molar-refractivity contribution in [2.75, 3.05) is 32.9 Å². The molecule has 2 rings (SSSR count). The zero-order valence-corrected chi connectivity index (χ0v) is 20.1. The van der Waals surface area contributed by atoms with Crippen molar-refractivity contribution in [3.63, 3.8) is 0 Å². The molecule has 1 heterocycles. The van der Waals surface area contributed by atoms with Gasteiger partial charge in [0.2, 0.25) is 10.0 Å². The van der Waals surface area contributed by atoms with Crippen molar-refractivity contribution in [2.24, 2.45) is 10.9 Å². The minimum absolute atomic E-state index is 0. The average molecular weight is 567 g/mol. The Morgan fingerprint density at radius 1 is 1.34 bits per heavy atom. The van der Waals surface area contributed by atoms with Crippen LogP contribution in [0.3, 0.4) is 0 Å². The second-order valence-corrected chi connectivity index (χ2v) is 8.96. The maximum Gasteiger partial charge on any atom is 0.387 e. The van der Waals surface area contributed by atoms with E-state index in [4.69, 9.17) is 11.6 Å². The molecule has 0 bridgehead atoms. The Bertz CT molecular complexity index is 791. The quantitative estimate of drug-likeness (QED) is 0.301. The number of nitrogens with one attached hydrogen (secondary N) is 2. The first kappa shape index (κ1) is 26.1. The van der Waals surface area contributed by atoms with E-state index in [9.17, 15) is 17.2 Å². The second kappa shape index (κ2) is 12.1. The van der Waals surface area contributed by atoms with Crippen LogP contribution in [0.5, 0.6) is 5.75 Å². The number of hydrogen-bond donors (Lipinski definition) is 2. The Balaban J connectivity index is 0.00000420. The van der Waals surface area contributed by atoms with Crippen LogP contribution >= 0.6 is 35.6 Å². The third kappa shape index (κ3) is 8.77. The molecule has 0 aromatic heterocycles. The van der Waals surface area contributed by atoms with E-state index in [1.54, 1.807) is 13.1 Å². The number of benzene rings is 1. The highest BCUT2D eigenvalue weighted by Gasteiger charge is 2.24. The fourth-order valence-corrected chi connectivity index (χ4v) is 4.05. The van der Waals surface area contributed by atoms with Gasteiger partial charge >= 0.3 is 6.61 Å². The summed E-state index contributed by atoms with van der Waals surface area (Å²) >= 11 is 5.95. The molecule has 1 aliphatic heterocycles. The van der Waals surface area contributed by atoms with Gasteiger partial charge in [0.15, 0.2) is 5.96 Å². The first-order valence-electron chi connectivity index (χ1n) is 8.82. The molecular formula is C17H26ClF2IN4O3S. The van der Waals surface area contributed by atoms with E-state index in [-0.39, 0.29) is 36.3 Å². The predicted molar refractivity (Wildman–Crippen MR) is 121 cm³/mol. The molecule has 29 heavy (non-hydrogen) atoms. The molecule has 166 valence electrons. The van der Waals surface area contributed by atoms with Crippen molar-refractivity contribution in [1.29, 1.82) is 0 Å².